The molecular formula is C12H14N+. The normalized spacial score (nSPS) is 10.7. The molecule has 0 N–H and O–H groups in total. The molecule has 0 atom stereocenters. The van der Waals surface area contributed by atoms with Crippen molar-refractivity contribution < 1.29 is 4.57 Å². The summed E-state index contributed by atoms with van der Waals surface area (Å²) >= 11 is 0. The Hall–Kier alpha value is -1.37. The zero-order chi connectivity index (χ0) is 9.42. The average molecular weight is 172 g/mol. The van der Waals surface area contributed by atoms with Crippen molar-refractivity contribution in [2.75, 3.05) is 0 Å². The molecule has 0 amide bonds. The summed E-state index contributed by atoms with van der Waals surface area (Å²) in [6.45, 7) is 4.31. The molecule has 1 heterocycles. The lowest BCUT2D eigenvalue weighted by Gasteiger charge is -2.02. The second-order valence-corrected chi connectivity index (χ2v) is 3.58. The maximum Gasteiger partial charge on any atom is 0.215 e. The Labute approximate surface area is 78.6 Å². The Kier molecular flexibility index (Phi) is 1.80. The fraction of sp³-hybridized carbons (Fsp3) is 0.250. The second-order valence-electron chi connectivity index (χ2n) is 3.58. The lowest BCUT2D eigenvalue weighted by atomic mass is 10.1. The van der Waals surface area contributed by atoms with Crippen LogP contribution in [0.1, 0.15) is 11.1 Å². The predicted molar refractivity (Wildman–Crippen MR) is 54.6 cm³/mol. The Bertz CT molecular complexity index is 450. The summed E-state index contributed by atoms with van der Waals surface area (Å²) in [6, 6.07) is 8.63. The van der Waals surface area contributed by atoms with Gasteiger partial charge in [0.25, 0.3) is 0 Å². The van der Waals surface area contributed by atoms with Crippen LogP contribution in [-0.2, 0) is 7.05 Å². The van der Waals surface area contributed by atoms with Crippen molar-refractivity contribution in [2.45, 2.75) is 13.8 Å². The zero-order valence-corrected chi connectivity index (χ0v) is 8.33. The summed E-state index contributed by atoms with van der Waals surface area (Å²) in [5.41, 5.74) is 4.02. The van der Waals surface area contributed by atoms with Crippen LogP contribution in [0.25, 0.3) is 10.9 Å². The van der Waals surface area contributed by atoms with E-state index in [4.69, 9.17) is 0 Å². The van der Waals surface area contributed by atoms with Crippen LogP contribution in [0.4, 0.5) is 0 Å². The molecule has 0 spiro atoms. The predicted octanol–water partition coefficient (Wildman–Crippen LogP) is 2.28. The van der Waals surface area contributed by atoms with Crippen molar-refractivity contribution in [1.29, 1.82) is 0 Å². The van der Waals surface area contributed by atoms with Gasteiger partial charge in [-0.05, 0) is 25.5 Å². The Balaban J connectivity index is 3.00. The maximum absolute atomic E-state index is 2.18. The van der Waals surface area contributed by atoms with Gasteiger partial charge in [0, 0.05) is 17.0 Å². The topological polar surface area (TPSA) is 3.88 Å². The highest BCUT2D eigenvalue weighted by atomic mass is 14.9. The van der Waals surface area contributed by atoms with Gasteiger partial charge in [0.05, 0.1) is 0 Å². The van der Waals surface area contributed by atoms with Crippen molar-refractivity contribution in [3.63, 3.8) is 0 Å². The monoisotopic (exact) mass is 172 g/mol. The molecule has 0 aliphatic heterocycles. The van der Waals surface area contributed by atoms with Gasteiger partial charge in [0.2, 0.25) is 5.52 Å². The molecule has 1 heteroatoms. The summed E-state index contributed by atoms with van der Waals surface area (Å²) in [7, 11) is 2.09. The van der Waals surface area contributed by atoms with E-state index in [2.05, 4.69) is 55.9 Å². The van der Waals surface area contributed by atoms with E-state index in [0.717, 1.165) is 0 Å². The Morgan fingerprint density at radius 2 is 1.69 bits per heavy atom. The summed E-state index contributed by atoms with van der Waals surface area (Å²) in [6.07, 6.45) is 2.09. The lowest BCUT2D eigenvalue weighted by Crippen LogP contribution is -2.28. The Morgan fingerprint density at radius 1 is 1.00 bits per heavy atom. The minimum absolute atomic E-state index is 1.34. The average Bonchev–Trinajstić information content (AvgIpc) is 2.12. The number of hydrogen-bond donors (Lipinski definition) is 0. The first-order chi connectivity index (χ1) is 6.20. The van der Waals surface area contributed by atoms with E-state index >= 15 is 0 Å². The highest BCUT2D eigenvalue weighted by Gasteiger charge is 2.08. The SMILES string of the molecule is Cc1ccc(C)c2c1ccc[n+]2C. The first-order valence-corrected chi connectivity index (χ1v) is 4.55. The van der Waals surface area contributed by atoms with Crippen LogP contribution < -0.4 is 4.57 Å². The third-order valence-electron chi connectivity index (χ3n) is 2.56. The number of benzene rings is 1. The summed E-state index contributed by atoms with van der Waals surface area (Å²) in [5, 5.41) is 1.35. The van der Waals surface area contributed by atoms with Crippen molar-refractivity contribution in [3.8, 4) is 0 Å². The molecule has 0 radical (unpaired) electrons. The number of nitrogens with zero attached hydrogens (tertiary/aromatic N) is 1. The highest BCUT2D eigenvalue weighted by molar-refractivity contribution is 5.81. The van der Waals surface area contributed by atoms with E-state index in [0.29, 0.717) is 0 Å². The maximum atomic E-state index is 2.18. The van der Waals surface area contributed by atoms with Gasteiger partial charge in [0.15, 0.2) is 6.20 Å². The zero-order valence-electron chi connectivity index (χ0n) is 8.33. The third kappa shape index (κ3) is 1.21. The standard InChI is InChI=1S/C12H14N/c1-9-6-7-10(2)12-11(9)5-4-8-13(12)3/h4-8H,1-3H3/q+1. The van der Waals surface area contributed by atoms with Gasteiger partial charge in [-0.3, -0.25) is 0 Å². The molecule has 2 rings (SSSR count). The number of aromatic nitrogens is 1. The number of aryl methyl sites for hydroxylation is 3. The molecule has 0 bridgehead atoms. The molecule has 0 fully saturated rings. The summed E-state index contributed by atoms with van der Waals surface area (Å²) in [5.74, 6) is 0. The van der Waals surface area contributed by atoms with Crippen LogP contribution in [0.15, 0.2) is 30.5 Å². The molecule has 1 nitrogen and oxygen atoms in total. The number of pyridine rings is 1. The van der Waals surface area contributed by atoms with Gasteiger partial charge >= 0.3 is 0 Å². The molecule has 1 aromatic carbocycles. The van der Waals surface area contributed by atoms with E-state index in [1.54, 1.807) is 0 Å². The van der Waals surface area contributed by atoms with Gasteiger partial charge in [-0.15, -0.1) is 0 Å². The van der Waals surface area contributed by atoms with E-state index < -0.39 is 0 Å². The van der Waals surface area contributed by atoms with E-state index in [-0.39, 0.29) is 0 Å². The largest absolute Gasteiger partial charge is 0.215 e. The van der Waals surface area contributed by atoms with E-state index in [1.807, 2.05) is 0 Å². The molecule has 1 aromatic heterocycles. The number of rotatable bonds is 0. The first-order valence-electron chi connectivity index (χ1n) is 4.55. The van der Waals surface area contributed by atoms with Gasteiger partial charge < -0.3 is 0 Å². The van der Waals surface area contributed by atoms with Crippen LogP contribution in [-0.4, -0.2) is 0 Å². The molecule has 0 saturated carbocycles. The van der Waals surface area contributed by atoms with Gasteiger partial charge in [-0.25, -0.2) is 4.57 Å². The van der Waals surface area contributed by atoms with Gasteiger partial charge in [0.1, 0.15) is 7.05 Å². The highest BCUT2D eigenvalue weighted by Crippen LogP contribution is 2.17. The molecule has 13 heavy (non-hydrogen) atoms. The van der Waals surface area contributed by atoms with Crippen molar-refractivity contribution in [3.05, 3.63) is 41.6 Å². The molecule has 0 unspecified atom stereocenters. The smallest absolute Gasteiger partial charge is 0.201 e. The van der Waals surface area contributed by atoms with Crippen LogP contribution in [0, 0.1) is 13.8 Å². The lowest BCUT2D eigenvalue weighted by molar-refractivity contribution is -0.645. The first kappa shape index (κ1) is 8.24. The van der Waals surface area contributed by atoms with Gasteiger partial charge in [-0.2, -0.15) is 0 Å². The number of fused-ring (bicyclic) bond motifs is 1. The van der Waals surface area contributed by atoms with Gasteiger partial charge in [-0.1, -0.05) is 12.1 Å². The number of hydrogen-bond acceptors (Lipinski definition) is 0. The quantitative estimate of drug-likeness (QED) is 0.537. The second kappa shape index (κ2) is 2.84. The van der Waals surface area contributed by atoms with Crippen molar-refractivity contribution >= 4 is 10.9 Å². The van der Waals surface area contributed by atoms with Crippen LogP contribution >= 0.6 is 0 Å². The third-order valence-corrected chi connectivity index (χ3v) is 2.56. The van der Waals surface area contributed by atoms with E-state index in [9.17, 15) is 0 Å². The molecule has 0 aliphatic carbocycles. The fourth-order valence-electron chi connectivity index (χ4n) is 1.84. The van der Waals surface area contributed by atoms with Crippen LogP contribution in [0.2, 0.25) is 0 Å². The van der Waals surface area contributed by atoms with Crippen LogP contribution in [0.5, 0.6) is 0 Å². The molecule has 66 valence electrons. The fourth-order valence-corrected chi connectivity index (χ4v) is 1.84. The minimum atomic E-state index is 1.34. The molecule has 0 aliphatic rings. The Morgan fingerprint density at radius 3 is 2.38 bits per heavy atom. The minimum Gasteiger partial charge on any atom is -0.201 e. The molecule has 2 aromatic rings. The van der Waals surface area contributed by atoms with E-state index in [1.165, 1.54) is 22.0 Å². The summed E-state index contributed by atoms with van der Waals surface area (Å²) in [4.78, 5) is 0. The summed E-state index contributed by atoms with van der Waals surface area (Å²) < 4.78 is 2.18. The van der Waals surface area contributed by atoms with Crippen molar-refractivity contribution in [1.82, 2.24) is 0 Å². The van der Waals surface area contributed by atoms with Crippen molar-refractivity contribution in [2.24, 2.45) is 7.05 Å². The molecular weight excluding hydrogens is 158 g/mol. The van der Waals surface area contributed by atoms with Crippen LogP contribution in [0.3, 0.4) is 0 Å². The molecule has 0 saturated heterocycles.